The largest absolute Gasteiger partial charge is 0.481 e. The first-order chi connectivity index (χ1) is 8.40. The van der Waals surface area contributed by atoms with Gasteiger partial charge in [-0.05, 0) is 18.2 Å². The highest BCUT2D eigenvalue weighted by atomic mass is 16.4. The van der Waals surface area contributed by atoms with Gasteiger partial charge in [-0.1, -0.05) is 6.07 Å². The molecule has 0 aliphatic heterocycles. The molecule has 0 saturated heterocycles. The number of nitrogens with one attached hydrogen (secondary N) is 1. The zero-order valence-electron chi connectivity index (χ0n) is 9.42. The predicted octanol–water partition coefficient (Wildman–Crippen LogP) is -0.474. The Hall–Kier alpha value is -2.41. The van der Waals surface area contributed by atoms with Crippen LogP contribution in [-0.2, 0) is 9.59 Å². The molecule has 1 aromatic rings. The van der Waals surface area contributed by atoms with Crippen LogP contribution in [0, 0.1) is 0 Å². The van der Waals surface area contributed by atoms with E-state index in [9.17, 15) is 14.4 Å². The molecule has 7 heteroatoms. The van der Waals surface area contributed by atoms with Gasteiger partial charge in [0.2, 0.25) is 11.8 Å². The van der Waals surface area contributed by atoms with Crippen LogP contribution < -0.4 is 16.8 Å². The molecule has 0 bridgehead atoms. The van der Waals surface area contributed by atoms with Crippen LogP contribution in [0.15, 0.2) is 24.3 Å². The average Bonchev–Trinajstić information content (AvgIpc) is 2.28. The highest BCUT2D eigenvalue weighted by Crippen LogP contribution is 2.10. The molecule has 2 amide bonds. The first-order valence-electron chi connectivity index (χ1n) is 5.08. The Labute approximate surface area is 103 Å². The summed E-state index contributed by atoms with van der Waals surface area (Å²) < 4.78 is 0. The lowest BCUT2D eigenvalue weighted by Crippen LogP contribution is -2.37. The number of nitrogens with two attached hydrogens (primary N) is 2. The van der Waals surface area contributed by atoms with Gasteiger partial charge < -0.3 is 21.9 Å². The van der Waals surface area contributed by atoms with Crippen LogP contribution in [0.5, 0.6) is 0 Å². The third-order valence-electron chi connectivity index (χ3n) is 2.15. The summed E-state index contributed by atoms with van der Waals surface area (Å²) in [6.45, 7) is 0. The minimum atomic E-state index is -1.16. The van der Waals surface area contributed by atoms with E-state index < -0.39 is 30.2 Å². The van der Waals surface area contributed by atoms with Gasteiger partial charge in [0.25, 0.3) is 0 Å². The maximum absolute atomic E-state index is 11.5. The van der Waals surface area contributed by atoms with Gasteiger partial charge in [0.05, 0.1) is 12.5 Å². The molecule has 18 heavy (non-hydrogen) atoms. The molecule has 0 radical (unpaired) electrons. The number of carboxylic acid groups (broad SMARTS) is 1. The van der Waals surface area contributed by atoms with Crippen LogP contribution >= 0.6 is 0 Å². The molecule has 0 aliphatic carbocycles. The van der Waals surface area contributed by atoms with Gasteiger partial charge in [-0.2, -0.15) is 0 Å². The maximum atomic E-state index is 11.5. The van der Waals surface area contributed by atoms with Gasteiger partial charge in [0.1, 0.15) is 0 Å². The van der Waals surface area contributed by atoms with E-state index in [4.69, 9.17) is 16.6 Å². The van der Waals surface area contributed by atoms with Crippen molar-refractivity contribution < 1.29 is 19.5 Å². The number of amides is 2. The van der Waals surface area contributed by atoms with Gasteiger partial charge in [-0.3, -0.25) is 14.4 Å². The summed E-state index contributed by atoms with van der Waals surface area (Å²) in [4.78, 5) is 32.8. The summed E-state index contributed by atoms with van der Waals surface area (Å²) in [5, 5.41) is 10.9. The zero-order valence-corrected chi connectivity index (χ0v) is 9.42. The van der Waals surface area contributed by atoms with Crippen molar-refractivity contribution in [3.05, 3.63) is 29.8 Å². The summed E-state index contributed by atoms with van der Waals surface area (Å²) in [6, 6.07) is 4.80. The topological polar surface area (TPSA) is 136 Å². The first kappa shape index (κ1) is 13.7. The third-order valence-corrected chi connectivity index (χ3v) is 2.15. The number of rotatable bonds is 5. The number of hydrogen-bond acceptors (Lipinski definition) is 4. The Morgan fingerprint density at radius 3 is 2.56 bits per heavy atom. The summed E-state index contributed by atoms with van der Waals surface area (Å²) in [5.74, 6) is -2.43. The van der Waals surface area contributed by atoms with Crippen molar-refractivity contribution in [1.29, 1.82) is 0 Å². The van der Waals surface area contributed by atoms with Crippen molar-refractivity contribution in [3.63, 3.8) is 0 Å². The number of carbonyl (C=O) groups is 3. The Kier molecular flexibility index (Phi) is 4.39. The van der Waals surface area contributed by atoms with Crippen molar-refractivity contribution in [2.24, 2.45) is 11.5 Å². The molecular weight excluding hydrogens is 238 g/mol. The van der Waals surface area contributed by atoms with Crippen LogP contribution in [0.1, 0.15) is 16.8 Å². The summed E-state index contributed by atoms with van der Waals surface area (Å²) >= 11 is 0. The van der Waals surface area contributed by atoms with E-state index in [0.717, 1.165) is 0 Å². The smallest absolute Gasteiger partial charge is 0.305 e. The summed E-state index contributed by atoms with van der Waals surface area (Å²) in [7, 11) is 0. The number of carbonyl (C=O) groups excluding carboxylic acids is 2. The first-order valence-corrected chi connectivity index (χ1v) is 5.08. The lowest BCUT2D eigenvalue weighted by Gasteiger charge is -2.10. The summed E-state index contributed by atoms with van der Waals surface area (Å²) in [6.07, 6.45) is -0.471. The standard InChI is InChI=1S/C11H13N3O4/c12-8(5-9(15)16)11(18)14-7-3-1-2-6(4-7)10(13)17/h1-4,8H,5,12H2,(H2,13,17)(H,14,18)(H,15,16). The van der Waals surface area contributed by atoms with E-state index >= 15 is 0 Å². The van der Waals surface area contributed by atoms with E-state index in [1.165, 1.54) is 18.2 Å². The normalized spacial score (nSPS) is 11.6. The van der Waals surface area contributed by atoms with Crippen LogP contribution in [0.25, 0.3) is 0 Å². The number of hydrogen-bond donors (Lipinski definition) is 4. The highest BCUT2D eigenvalue weighted by Gasteiger charge is 2.17. The van der Waals surface area contributed by atoms with E-state index in [-0.39, 0.29) is 5.56 Å². The fourth-order valence-corrected chi connectivity index (χ4v) is 1.27. The zero-order chi connectivity index (χ0) is 13.7. The van der Waals surface area contributed by atoms with E-state index in [2.05, 4.69) is 5.32 Å². The Morgan fingerprint density at radius 2 is 2.00 bits per heavy atom. The number of primary amides is 1. The molecule has 0 fully saturated rings. The predicted molar refractivity (Wildman–Crippen MR) is 63.8 cm³/mol. The van der Waals surface area contributed by atoms with Crippen molar-refractivity contribution in [2.45, 2.75) is 12.5 Å². The van der Waals surface area contributed by atoms with Crippen LogP contribution in [0.2, 0.25) is 0 Å². The molecule has 1 atom stereocenters. The molecule has 0 aromatic heterocycles. The molecule has 0 saturated carbocycles. The molecule has 0 aliphatic rings. The van der Waals surface area contributed by atoms with Gasteiger partial charge in [0.15, 0.2) is 0 Å². The minimum absolute atomic E-state index is 0.236. The lowest BCUT2D eigenvalue weighted by atomic mass is 10.1. The van der Waals surface area contributed by atoms with Crippen molar-refractivity contribution in [1.82, 2.24) is 0 Å². The maximum Gasteiger partial charge on any atom is 0.305 e. The monoisotopic (exact) mass is 251 g/mol. The van der Waals surface area contributed by atoms with Gasteiger partial charge >= 0.3 is 5.97 Å². The van der Waals surface area contributed by atoms with Crippen molar-refractivity contribution >= 4 is 23.5 Å². The third kappa shape index (κ3) is 3.87. The quantitative estimate of drug-likeness (QED) is 0.560. The second-order valence-corrected chi connectivity index (χ2v) is 3.64. The van der Waals surface area contributed by atoms with Gasteiger partial charge in [0, 0.05) is 11.3 Å². The molecule has 0 spiro atoms. The molecule has 96 valence electrons. The number of aliphatic carboxylic acids is 1. The molecule has 1 aromatic carbocycles. The Balaban J connectivity index is 2.72. The second-order valence-electron chi connectivity index (χ2n) is 3.64. The Bertz CT molecular complexity index is 487. The minimum Gasteiger partial charge on any atom is -0.481 e. The Morgan fingerprint density at radius 1 is 1.33 bits per heavy atom. The fourth-order valence-electron chi connectivity index (χ4n) is 1.27. The average molecular weight is 251 g/mol. The molecule has 7 nitrogen and oxygen atoms in total. The van der Waals surface area contributed by atoms with Gasteiger partial charge in [-0.15, -0.1) is 0 Å². The van der Waals surface area contributed by atoms with E-state index in [0.29, 0.717) is 5.69 Å². The summed E-state index contributed by atoms with van der Waals surface area (Å²) in [5.41, 5.74) is 11.0. The van der Waals surface area contributed by atoms with Crippen molar-refractivity contribution in [3.8, 4) is 0 Å². The van der Waals surface area contributed by atoms with E-state index in [1.54, 1.807) is 6.07 Å². The van der Waals surface area contributed by atoms with Crippen LogP contribution in [-0.4, -0.2) is 28.9 Å². The molecular formula is C11H13N3O4. The fraction of sp³-hybridized carbons (Fsp3) is 0.182. The SMILES string of the molecule is NC(=O)c1cccc(NC(=O)C(N)CC(=O)O)c1. The number of benzene rings is 1. The number of anilines is 1. The lowest BCUT2D eigenvalue weighted by molar-refractivity contribution is -0.138. The molecule has 1 unspecified atom stereocenters. The molecule has 0 heterocycles. The van der Waals surface area contributed by atoms with E-state index in [1.807, 2.05) is 0 Å². The number of carboxylic acids is 1. The van der Waals surface area contributed by atoms with Crippen molar-refractivity contribution in [2.75, 3.05) is 5.32 Å². The van der Waals surface area contributed by atoms with Crippen LogP contribution in [0.3, 0.4) is 0 Å². The molecule has 6 N–H and O–H groups in total. The van der Waals surface area contributed by atoms with Gasteiger partial charge in [-0.25, -0.2) is 0 Å². The second kappa shape index (κ2) is 5.78. The highest BCUT2D eigenvalue weighted by molar-refractivity contribution is 5.98. The van der Waals surface area contributed by atoms with Crippen LogP contribution in [0.4, 0.5) is 5.69 Å². The molecule has 1 rings (SSSR count).